The highest BCUT2D eigenvalue weighted by atomic mass is 16.3. The van der Waals surface area contributed by atoms with Crippen molar-refractivity contribution < 1.29 is 10.2 Å². The third-order valence-corrected chi connectivity index (χ3v) is 0.638. The molecule has 0 atom stereocenters. The highest BCUT2D eigenvalue weighted by Crippen LogP contribution is 1.87. The van der Waals surface area contributed by atoms with Crippen molar-refractivity contribution in [2.75, 3.05) is 6.61 Å². The Balaban J connectivity index is 3.61. The molecule has 0 spiro atoms. The molecule has 2 heteroatoms. The number of hydrogen-bond donors (Lipinski definition) is 2. The fourth-order valence-electron chi connectivity index (χ4n) is 0.332. The van der Waals surface area contributed by atoms with Crippen LogP contribution in [0.3, 0.4) is 0 Å². The fourth-order valence-corrected chi connectivity index (χ4v) is 0.332. The zero-order valence-electron chi connectivity index (χ0n) is 4.83. The van der Waals surface area contributed by atoms with Crippen LogP contribution in [0.15, 0.2) is 24.0 Å². The highest BCUT2D eigenvalue weighted by Gasteiger charge is 1.77. The Morgan fingerprint density at radius 1 is 1.62 bits per heavy atom. The maximum atomic E-state index is 8.66. The van der Waals surface area contributed by atoms with Crippen LogP contribution in [0.5, 0.6) is 0 Å². The van der Waals surface area contributed by atoms with E-state index in [2.05, 4.69) is 0 Å². The van der Waals surface area contributed by atoms with E-state index in [1.165, 1.54) is 12.2 Å². The molecule has 0 aromatic carbocycles. The maximum Gasteiger partial charge on any atom is 0.113 e. The van der Waals surface area contributed by atoms with E-state index in [0.29, 0.717) is 0 Å². The van der Waals surface area contributed by atoms with Crippen LogP contribution in [0, 0.1) is 0 Å². The summed E-state index contributed by atoms with van der Waals surface area (Å²) in [5.74, 6) is 0.106. The topological polar surface area (TPSA) is 40.5 Å². The Labute approximate surface area is 48.8 Å². The van der Waals surface area contributed by atoms with Crippen LogP contribution in [0.2, 0.25) is 0 Å². The van der Waals surface area contributed by atoms with E-state index >= 15 is 0 Å². The highest BCUT2D eigenvalue weighted by molar-refractivity contribution is 5.08. The molecule has 2 nitrogen and oxygen atoms in total. The summed E-state index contributed by atoms with van der Waals surface area (Å²) in [4.78, 5) is 0. The lowest BCUT2D eigenvalue weighted by molar-refractivity contribution is 0.332. The van der Waals surface area contributed by atoms with Gasteiger partial charge >= 0.3 is 0 Å². The summed E-state index contributed by atoms with van der Waals surface area (Å²) in [6.07, 6.45) is 4.53. The van der Waals surface area contributed by atoms with Gasteiger partial charge in [0, 0.05) is 0 Å². The largest absolute Gasteiger partial charge is 0.508 e. The van der Waals surface area contributed by atoms with Gasteiger partial charge in [-0.25, -0.2) is 0 Å². The van der Waals surface area contributed by atoms with Gasteiger partial charge in [0.15, 0.2) is 0 Å². The van der Waals surface area contributed by atoms with Gasteiger partial charge in [0.1, 0.15) is 5.76 Å². The van der Waals surface area contributed by atoms with Crippen LogP contribution >= 0.6 is 0 Å². The first-order valence-corrected chi connectivity index (χ1v) is 2.44. The second kappa shape index (κ2) is 4.40. The van der Waals surface area contributed by atoms with Crippen molar-refractivity contribution in [3.8, 4) is 0 Å². The molecule has 0 unspecified atom stereocenters. The monoisotopic (exact) mass is 114 g/mol. The normalized spacial score (nSPS) is 13.0. The number of aliphatic hydroxyl groups excluding tert-OH is 2. The van der Waals surface area contributed by atoms with Crippen LogP contribution in [0.1, 0.15) is 6.92 Å². The van der Waals surface area contributed by atoms with Crippen LogP contribution in [0.25, 0.3) is 0 Å². The molecule has 0 aromatic heterocycles. The summed E-state index contributed by atoms with van der Waals surface area (Å²) >= 11 is 0. The van der Waals surface area contributed by atoms with Crippen LogP contribution < -0.4 is 0 Å². The summed E-state index contributed by atoms with van der Waals surface area (Å²) in [6, 6.07) is 0. The van der Waals surface area contributed by atoms with Crippen molar-refractivity contribution in [2.24, 2.45) is 0 Å². The summed E-state index contributed by atoms with van der Waals surface area (Å²) in [6.45, 7) is 1.68. The van der Waals surface area contributed by atoms with Gasteiger partial charge in [0.2, 0.25) is 0 Å². The number of hydrogen-bond acceptors (Lipinski definition) is 2. The molecule has 46 valence electrons. The van der Waals surface area contributed by atoms with Gasteiger partial charge < -0.3 is 10.2 Å². The first kappa shape index (κ1) is 7.24. The summed E-state index contributed by atoms with van der Waals surface area (Å²) < 4.78 is 0. The molecule has 0 saturated carbocycles. The molecule has 2 N–H and O–H groups in total. The minimum Gasteiger partial charge on any atom is -0.508 e. The third kappa shape index (κ3) is 3.43. The zero-order chi connectivity index (χ0) is 6.41. The van der Waals surface area contributed by atoms with Crippen molar-refractivity contribution in [3.05, 3.63) is 24.0 Å². The smallest absolute Gasteiger partial charge is 0.113 e. The second-order valence-corrected chi connectivity index (χ2v) is 1.31. The zero-order valence-corrected chi connectivity index (χ0v) is 4.83. The van der Waals surface area contributed by atoms with Gasteiger partial charge in [-0.05, 0) is 19.1 Å². The Bertz CT molecular complexity index is 103. The third-order valence-electron chi connectivity index (χ3n) is 0.638. The summed E-state index contributed by atoms with van der Waals surface area (Å²) in [5, 5.41) is 16.9. The fraction of sp³-hybridized carbons (Fsp3) is 0.333. The van der Waals surface area contributed by atoms with E-state index in [9.17, 15) is 0 Å². The lowest BCUT2D eigenvalue weighted by Crippen LogP contribution is -1.77. The molecule has 0 saturated heterocycles. The quantitative estimate of drug-likeness (QED) is 0.415. The van der Waals surface area contributed by atoms with Gasteiger partial charge in [-0.15, -0.1) is 0 Å². The first-order valence-electron chi connectivity index (χ1n) is 2.44. The van der Waals surface area contributed by atoms with Crippen LogP contribution in [-0.2, 0) is 0 Å². The molecule has 0 aliphatic heterocycles. The molecular weight excluding hydrogens is 104 g/mol. The maximum absolute atomic E-state index is 8.66. The predicted octanol–water partition coefficient (Wildman–Crippen LogP) is 0.997. The number of rotatable bonds is 2. The van der Waals surface area contributed by atoms with Gasteiger partial charge in [-0.2, -0.15) is 0 Å². The molecule has 0 aromatic rings. The molecule has 0 aliphatic carbocycles. The van der Waals surface area contributed by atoms with Crippen molar-refractivity contribution in [1.29, 1.82) is 0 Å². The predicted molar refractivity (Wildman–Crippen MR) is 32.6 cm³/mol. The Morgan fingerprint density at radius 3 is 2.62 bits per heavy atom. The summed E-state index contributed by atoms with van der Waals surface area (Å²) in [5.41, 5.74) is 0. The van der Waals surface area contributed by atoms with Gasteiger partial charge in [0.05, 0.1) is 6.61 Å². The number of allylic oxidation sites excluding steroid dienone is 2. The molecular formula is C6H10O2. The molecule has 0 fully saturated rings. The average molecular weight is 114 g/mol. The Hall–Kier alpha value is -0.760. The number of aliphatic hydroxyl groups is 2. The molecule has 0 aliphatic rings. The van der Waals surface area contributed by atoms with Gasteiger partial charge in [0.25, 0.3) is 0 Å². The van der Waals surface area contributed by atoms with Crippen LogP contribution in [-0.4, -0.2) is 16.8 Å². The average Bonchev–Trinajstić information content (AvgIpc) is 1.68. The van der Waals surface area contributed by atoms with E-state index in [0.717, 1.165) is 0 Å². The van der Waals surface area contributed by atoms with Gasteiger partial charge in [-0.1, -0.05) is 6.08 Å². The van der Waals surface area contributed by atoms with Crippen molar-refractivity contribution in [3.63, 3.8) is 0 Å². The van der Waals surface area contributed by atoms with E-state index in [1.54, 1.807) is 13.0 Å². The molecule has 0 heterocycles. The molecule has 0 bridgehead atoms. The standard InChI is InChI=1S/C6H10O2/c1-2-3-6(8)4-5-7/h2-4,7-8H,5H2,1H3/b3-2-,6-4+. The second-order valence-electron chi connectivity index (χ2n) is 1.31. The van der Waals surface area contributed by atoms with E-state index < -0.39 is 0 Å². The molecule has 0 rings (SSSR count). The van der Waals surface area contributed by atoms with Crippen molar-refractivity contribution in [2.45, 2.75) is 6.92 Å². The van der Waals surface area contributed by atoms with Gasteiger partial charge in [-0.3, -0.25) is 0 Å². The lowest BCUT2D eigenvalue weighted by atomic mass is 10.4. The Morgan fingerprint density at radius 2 is 2.25 bits per heavy atom. The molecule has 8 heavy (non-hydrogen) atoms. The van der Waals surface area contributed by atoms with Crippen LogP contribution in [0.4, 0.5) is 0 Å². The van der Waals surface area contributed by atoms with E-state index in [-0.39, 0.29) is 12.4 Å². The molecule has 0 amide bonds. The Kier molecular flexibility index (Phi) is 3.98. The summed E-state index contributed by atoms with van der Waals surface area (Å²) in [7, 11) is 0. The first-order chi connectivity index (χ1) is 3.81. The van der Waals surface area contributed by atoms with Crippen molar-refractivity contribution >= 4 is 0 Å². The molecule has 0 radical (unpaired) electrons. The van der Waals surface area contributed by atoms with E-state index in [4.69, 9.17) is 10.2 Å². The lowest BCUT2D eigenvalue weighted by Gasteiger charge is -1.84. The van der Waals surface area contributed by atoms with Crippen molar-refractivity contribution in [1.82, 2.24) is 0 Å². The minimum atomic E-state index is -0.115. The van der Waals surface area contributed by atoms with E-state index in [1.807, 2.05) is 0 Å². The minimum absolute atomic E-state index is 0.106. The SMILES string of the molecule is C/C=C\C(O)=C/CO.